The summed E-state index contributed by atoms with van der Waals surface area (Å²) >= 11 is 5.17. The Morgan fingerprint density at radius 3 is 2.80 bits per heavy atom. The molecule has 0 aromatic rings. The standard InChI is InChI=1S/C6H11ClO3/c1-2-10-6(9)4-3-5(7)8/h5,8H,2-4H2,1H3. The van der Waals surface area contributed by atoms with Gasteiger partial charge in [0.25, 0.3) is 0 Å². The highest BCUT2D eigenvalue weighted by molar-refractivity contribution is 6.19. The van der Waals surface area contributed by atoms with Gasteiger partial charge >= 0.3 is 5.97 Å². The maximum absolute atomic E-state index is 10.6. The van der Waals surface area contributed by atoms with E-state index in [4.69, 9.17) is 16.7 Å². The van der Waals surface area contributed by atoms with Gasteiger partial charge in [0.1, 0.15) is 5.56 Å². The summed E-state index contributed by atoms with van der Waals surface area (Å²) in [6.45, 7) is 2.10. The number of carbonyl (C=O) groups is 1. The SMILES string of the molecule is CCOC(=O)CCC(O)Cl. The molecule has 1 N–H and O–H groups in total. The average molecular weight is 167 g/mol. The number of esters is 1. The second-order valence-corrected chi connectivity index (χ2v) is 2.28. The van der Waals surface area contributed by atoms with E-state index in [-0.39, 0.29) is 18.8 Å². The summed E-state index contributed by atoms with van der Waals surface area (Å²) in [5, 5.41) is 8.53. The highest BCUT2D eigenvalue weighted by Gasteiger charge is 2.04. The van der Waals surface area contributed by atoms with Crippen molar-refractivity contribution >= 4 is 17.6 Å². The van der Waals surface area contributed by atoms with Crippen molar-refractivity contribution in [3.8, 4) is 0 Å². The van der Waals surface area contributed by atoms with Crippen molar-refractivity contribution in [1.29, 1.82) is 0 Å². The van der Waals surface area contributed by atoms with Gasteiger partial charge in [0.2, 0.25) is 0 Å². The molecule has 1 unspecified atom stereocenters. The number of halogens is 1. The monoisotopic (exact) mass is 166 g/mol. The highest BCUT2D eigenvalue weighted by atomic mass is 35.5. The smallest absolute Gasteiger partial charge is 0.305 e. The van der Waals surface area contributed by atoms with Crippen molar-refractivity contribution in [3.63, 3.8) is 0 Å². The first-order chi connectivity index (χ1) is 4.66. The molecule has 0 rings (SSSR count). The van der Waals surface area contributed by atoms with Gasteiger partial charge in [-0.15, -0.1) is 0 Å². The van der Waals surface area contributed by atoms with E-state index in [1.54, 1.807) is 6.92 Å². The zero-order valence-electron chi connectivity index (χ0n) is 5.84. The van der Waals surface area contributed by atoms with Gasteiger partial charge in [-0.1, -0.05) is 11.6 Å². The van der Waals surface area contributed by atoms with Crippen LogP contribution in [0.3, 0.4) is 0 Å². The Hall–Kier alpha value is -0.280. The molecule has 0 aliphatic rings. The predicted molar refractivity (Wildman–Crippen MR) is 37.7 cm³/mol. The van der Waals surface area contributed by atoms with E-state index < -0.39 is 5.56 Å². The van der Waals surface area contributed by atoms with E-state index in [1.807, 2.05) is 0 Å². The lowest BCUT2D eigenvalue weighted by atomic mass is 10.3. The third-order valence-corrected chi connectivity index (χ3v) is 1.11. The summed E-state index contributed by atoms with van der Waals surface area (Å²) in [6, 6.07) is 0. The van der Waals surface area contributed by atoms with E-state index in [0.29, 0.717) is 6.61 Å². The minimum atomic E-state index is -0.940. The molecular formula is C6H11ClO3. The lowest BCUT2D eigenvalue weighted by Crippen LogP contribution is -2.06. The molecule has 0 fully saturated rings. The quantitative estimate of drug-likeness (QED) is 0.499. The maximum Gasteiger partial charge on any atom is 0.305 e. The van der Waals surface area contributed by atoms with Gasteiger partial charge in [0, 0.05) is 6.42 Å². The van der Waals surface area contributed by atoms with Crippen LogP contribution < -0.4 is 0 Å². The van der Waals surface area contributed by atoms with Crippen LogP contribution in [-0.2, 0) is 9.53 Å². The Kier molecular flexibility index (Phi) is 5.35. The summed E-state index contributed by atoms with van der Waals surface area (Å²) in [5.41, 5.74) is -0.940. The fraction of sp³-hybridized carbons (Fsp3) is 0.833. The van der Waals surface area contributed by atoms with Crippen LogP contribution in [0.1, 0.15) is 19.8 Å². The van der Waals surface area contributed by atoms with E-state index in [1.165, 1.54) is 0 Å². The number of hydrogen-bond donors (Lipinski definition) is 1. The Balaban J connectivity index is 3.22. The molecule has 0 aromatic heterocycles. The normalized spacial score (nSPS) is 12.7. The van der Waals surface area contributed by atoms with Crippen LogP contribution >= 0.6 is 11.6 Å². The van der Waals surface area contributed by atoms with E-state index >= 15 is 0 Å². The second kappa shape index (κ2) is 5.50. The van der Waals surface area contributed by atoms with Crippen LogP contribution in [0.25, 0.3) is 0 Å². The zero-order chi connectivity index (χ0) is 7.98. The average Bonchev–Trinajstić information content (AvgIpc) is 1.85. The molecule has 0 bridgehead atoms. The van der Waals surface area contributed by atoms with Gasteiger partial charge in [-0.3, -0.25) is 4.79 Å². The molecule has 0 saturated carbocycles. The van der Waals surface area contributed by atoms with E-state index in [0.717, 1.165) is 0 Å². The van der Waals surface area contributed by atoms with Crippen LogP contribution in [0.5, 0.6) is 0 Å². The number of ether oxygens (including phenoxy) is 1. The Morgan fingerprint density at radius 1 is 1.80 bits per heavy atom. The van der Waals surface area contributed by atoms with Crippen LogP contribution in [0.4, 0.5) is 0 Å². The van der Waals surface area contributed by atoms with Gasteiger partial charge in [-0.05, 0) is 13.3 Å². The number of rotatable bonds is 4. The molecular weight excluding hydrogens is 156 g/mol. The van der Waals surface area contributed by atoms with Gasteiger partial charge in [0.15, 0.2) is 0 Å². The molecule has 0 aromatic carbocycles. The van der Waals surface area contributed by atoms with Crippen molar-refractivity contribution in [2.75, 3.05) is 6.61 Å². The minimum absolute atomic E-state index is 0.179. The molecule has 0 amide bonds. The first-order valence-corrected chi connectivity index (χ1v) is 3.58. The molecule has 0 radical (unpaired) electrons. The fourth-order valence-corrected chi connectivity index (χ4v) is 0.579. The summed E-state index contributed by atoms with van der Waals surface area (Å²) in [5.74, 6) is -0.317. The lowest BCUT2D eigenvalue weighted by Gasteiger charge is -2.01. The van der Waals surface area contributed by atoms with E-state index in [9.17, 15) is 4.79 Å². The van der Waals surface area contributed by atoms with Gasteiger partial charge < -0.3 is 9.84 Å². The number of carbonyl (C=O) groups excluding carboxylic acids is 1. The number of aliphatic hydroxyl groups excluding tert-OH is 1. The third-order valence-electron chi connectivity index (χ3n) is 0.892. The Labute approximate surface area is 64.9 Å². The summed E-state index contributed by atoms with van der Waals surface area (Å²) in [6.07, 6.45) is 0.429. The molecule has 0 aliphatic heterocycles. The maximum atomic E-state index is 10.6. The minimum Gasteiger partial charge on any atom is -0.466 e. The van der Waals surface area contributed by atoms with Gasteiger partial charge in [0.05, 0.1) is 6.61 Å². The van der Waals surface area contributed by atoms with Crippen molar-refractivity contribution in [1.82, 2.24) is 0 Å². The van der Waals surface area contributed by atoms with Crippen molar-refractivity contribution in [2.45, 2.75) is 25.3 Å². The molecule has 3 nitrogen and oxygen atoms in total. The summed E-state index contributed by atoms with van der Waals surface area (Å²) in [7, 11) is 0. The predicted octanol–water partition coefficient (Wildman–Crippen LogP) is 0.887. The molecule has 0 aliphatic carbocycles. The zero-order valence-corrected chi connectivity index (χ0v) is 6.60. The largest absolute Gasteiger partial charge is 0.466 e. The molecule has 0 spiro atoms. The first-order valence-electron chi connectivity index (χ1n) is 3.14. The van der Waals surface area contributed by atoms with Crippen LogP contribution in [0.2, 0.25) is 0 Å². The topological polar surface area (TPSA) is 46.5 Å². The van der Waals surface area contributed by atoms with Crippen LogP contribution in [-0.4, -0.2) is 23.2 Å². The van der Waals surface area contributed by atoms with Crippen molar-refractivity contribution < 1.29 is 14.6 Å². The fourth-order valence-electron chi connectivity index (χ4n) is 0.470. The van der Waals surface area contributed by atoms with Gasteiger partial charge in [-0.25, -0.2) is 0 Å². The Morgan fingerprint density at radius 2 is 2.40 bits per heavy atom. The summed E-state index contributed by atoms with van der Waals surface area (Å²) in [4.78, 5) is 10.6. The molecule has 10 heavy (non-hydrogen) atoms. The second-order valence-electron chi connectivity index (χ2n) is 1.78. The number of hydrogen-bond acceptors (Lipinski definition) is 3. The molecule has 1 atom stereocenters. The molecule has 4 heteroatoms. The number of alkyl halides is 1. The van der Waals surface area contributed by atoms with E-state index in [2.05, 4.69) is 4.74 Å². The molecule has 0 saturated heterocycles. The number of aliphatic hydroxyl groups is 1. The van der Waals surface area contributed by atoms with Crippen molar-refractivity contribution in [2.24, 2.45) is 0 Å². The molecule has 0 heterocycles. The van der Waals surface area contributed by atoms with Crippen LogP contribution in [0.15, 0.2) is 0 Å². The third kappa shape index (κ3) is 5.85. The highest BCUT2D eigenvalue weighted by Crippen LogP contribution is 2.01. The van der Waals surface area contributed by atoms with Crippen molar-refractivity contribution in [3.05, 3.63) is 0 Å². The Bertz CT molecular complexity index is 103. The summed E-state index contributed by atoms with van der Waals surface area (Å²) < 4.78 is 4.58. The molecule has 60 valence electrons. The first kappa shape index (κ1) is 9.72. The van der Waals surface area contributed by atoms with Crippen LogP contribution in [0, 0.1) is 0 Å². The van der Waals surface area contributed by atoms with Gasteiger partial charge in [-0.2, -0.15) is 0 Å². The lowest BCUT2D eigenvalue weighted by molar-refractivity contribution is -0.143.